The molecule has 0 fully saturated rings. The molecule has 0 radical (unpaired) electrons. The van der Waals surface area contributed by atoms with E-state index in [1.54, 1.807) is 17.6 Å². The summed E-state index contributed by atoms with van der Waals surface area (Å²) in [6.07, 6.45) is 0.126. The average Bonchev–Trinajstić information content (AvgIpc) is 3.11. The van der Waals surface area contributed by atoms with Crippen LogP contribution in [0.5, 0.6) is 5.75 Å². The zero-order chi connectivity index (χ0) is 22.8. The monoisotopic (exact) mass is 496 g/mol. The average molecular weight is 495 g/mol. The van der Waals surface area contributed by atoms with Crippen molar-refractivity contribution >= 4 is 30.1 Å². The van der Waals surface area contributed by atoms with Crippen LogP contribution in [-0.2, 0) is 28.3 Å². The molecule has 0 aliphatic carbocycles. The summed E-state index contributed by atoms with van der Waals surface area (Å²) in [5, 5.41) is 11.9. The number of esters is 1. The summed E-state index contributed by atoms with van der Waals surface area (Å²) in [6, 6.07) is 9.63. The van der Waals surface area contributed by atoms with Crippen LogP contribution in [0.4, 0.5) is 0 Å². The number of hydrogen-bond donors (Lipinski definition) is 1. The minimum absolute atomic E-state index is 0.125. The van der Waals surface area contributed by atoms with Crippen molar-refractivity contribution < 1.29 is 19.4 Å². The van der Waals surface area contributed by atoms with Gasteiger partial charge in [-0.05, 0) is 6.42 Å². The van der Waals surface area contributed by atoms with E-state index >= 15 is 0 Å². The number of hydrogen-bond acceptors (Lipinski definition) is 6. The molecular formula is C24H26GeN2O5. The number of rotatable bonds is 4. The van der Waals surface area contributed by atoms with Crippen LogP contribution in [0.15, 0.2) is 35.1 Å². The van der Waals surface area contributed by atoms with Crippen molar-refractivity contribution in [2.75, 3.05) is 5.44 Å². The molecule has 2 aliphatic heterocycles. The van der Waals surface area contributed by atoms with Crippen LogP contribution in [0.25, 0.3) is 22.3 Å². The second kappa shape index (κ2) is 7.18. The van der Waals surface area contributed by atoms with Crippen LogP contribution in [0.3, 0.4) is 0 Å². The summed E-state index contributed by atoms with van der Waals surface area (Å²) >= 11 is -1.82. The Morgan fingerprint density at radius 3 is 2.72 bits per heavy atom. The van der Waals surface area contributed by atoms with Gasteiger partial charge >= 0.3 is 160 Å². The van der Waals surface area contributed by atoms with Crippen molar-refractivity contribution in [2.24, 2.45) is 0 Å². The number of aliphatic hydroxyl groups is 1. The number of carbonyl (C=O) groups is 1. The van der Waals surface area contributed by atoms with E-state index in [0.717, 1.165) is 27.7 Å². The van der Waals surface area contributed by atoms with Gasteiger partial charge in [0.1, 0.15) is 0 Å². The van der Waals surface area contributed by atoms with Gasteiger partial charge in [-0.2, -0.15) is 0 Å². The van der Waals surface area contributed by atoms with E-state index in [2.05, 4.69) is 17.3 Å². The first-order valence-corrected chi connectivity index (χ1v) is 18.6. The van der Waals surface area contributed by atoms with E-state index in [9.17, 15) is 14.7 Å². The molecule has 1 atom stereocenters. The molecule has 166 valence electrons. The van der Waals surface area contributed by atoms with E-state index < -0.39 is 24.8 Å². The quantitative estimate of drug-likeness (QED) is 0.345. The molecule has 32 heavy (non-hydrogen) atoms. The van der Waals surface area contributed by atoms with E-state index in [-0.39, 0.29) is 18.6 Å². The molecule has 0 spiro atoms. The maximum atomic E-state index is 13.2. The Balaban J connectivity index is 1.61. The standard InChI is InChI=1S/C24H26GeN2O5/c1-5-24(30)18-10-20-21-15(11-27(20)22(28)17(18)12-31-23(24)29)8-14-9-16(6-7-19(14)26-21)32-13-25(2,3)4/h6-10,30H,5,11-13H2,1-4H3/t24-/m0/s1. The van der Waals surface area contributed by atoms with Crippen molar-refractivity contribution in [3.8, 4) is 17.1 Å². The molecule has 4 heterocycles. The molecule has 1 aromatic carbocycles. The van der Waals surface area contributed by atoms with Crippen molar-refractivity contribution in [1.29, 1.82) is 0 Å². The minimum atomic E-state index is -1.82. The number of carbonyl (C=O) groups excluding carboxylic acids is 1. The molecule has 1 N–H and O–H groups in total. The van der Waals surface area contributed by atoms with Gasteiger partial charge in [0.05, 0.1) is 0 Å². The van der Waals surface area contributed by atoms with Crippen molar-refractivity contribution in [3.05, 3.63) is 57.4 Å². The molecule has 0 bridgehead atoms. The van der Waals surface area contributed by atoms with Crippen LogP contribution in [-0.4, -0.2) is 39.3 Å². The molecule has 0 amide bonds. The molecule has 7 nitrogen and oxygen atoms in total. The number of benzene rings is 1. The first-order chi connectivity index (χ1) is 15.1. The van der Waals surface area contributed by atoms with Gasteiger partial charge in [0, 0.05) is 0 Å². The molecule has 5 rings (SSSR count). The van der Waals surface area contributed by atoms with Gasteiger partial charge < -0.3 is 9.84 Å². The van der Waals surface area contributed by atoms with Crippen molar-refractivity contribution in [1.82, 2.24) is 9.55 Å². The normalized spacial score (nSPS) is 19.3. The second-order valence-corrected chi connectivity index (χ2v) is 21.2. The third-order valence-corrected chi connectivity index (χ3v) is 8.27. The second-order valence-electron chi connectivity index (χ2n) is 9.80. The Kier molecular flexibility index (Phi) is 4.76. The van der Waals surface area contributed by atoms with Gasteiger partial charge in [0.2, 0.25) is 0 Å². The van der Waals surface area contributed by atoms with Crippen LogP contribution >= 0.6 is 0 Å². The molecule has 2 aliphatic rings. The first kappa shape index (κ1) is 21.2. The summed E-state index contributed by atoms with van der Waals surface area (Å²) in [6.45, 7) is 1.96. The first-order valence-electron chi connectivity index (χ1n) is 10.8. The summed E-state index contributed by atoms with van der Waals surface area (Å²) in [5.41, 5.74) is 2.44. The van der Waals surface area contributed by atoms with E-state index in [1.165, 1.54) is 0 Å². The SMILES string of the molecule is CC[C@@]1(O)C(=O)OCc2c1cc1n(c2=O)Cc2cc3cc(O[CH2][Ge]([CH3])([CH3])[CH3])ccc3nc2-1. The Morgan fingerprint density at radius 2 is 2.00 bits per heavy atom. The zero-order valence-electron chi connectivity index (χ0n) is 18.7. The van der Waals surface area contributed by atoms with Gasteiger partial charge in [0.25, 0.3) is 0 Å². The zero-order valence-corrected chi connectivity index (χ0v) is 20.8. The predicted octanol–water partition coefficient (Wildman–Crippen LogP) is 3.34. The van der Waals surface area contributed by atoms with E-state index in [0.29, 0.717) is 29.1 Å². The van der Waals surface area contributed by atoms with Gasteiger partial charge in [-0.3, -0.25) is 0 Å². The van der Waals surface area contributed by atoms with Gasteiger partial charge in [-0.15, -0.1) is 0 Å². The summed E-state index contributed by atoms with van der Waals surface area (Å²) in [4.78, 5) is 30.3. The molecule has 3 aromatic rings. The van der Waals surface area contributed by atoms with Gasteiger partial charge in [-0.1, -0.05) is 6.92 Å². The predicted molar refractivity (Wildman–Crippen MR) is 123 cm³/mol. The Hall–Kier alpha value is -2.65. The van der Waals surface area contributed by atoms with Crippen LogP contribution in [0, 0.1) is 0 Å². The molecule has 8 heteroatoms. The number of nitrogens with zero attached hydrogens (tertiary/aromatic N) is 2. The van der Waals surface area contributed by atoms with E-state index in [4.69, 9.17) is 14.5 Å². The number of cyclic esters (lactones) is 1. The van der Waals surface area contributed by atoms with Gasteiger partial charge in [0.15, 0.2) is 0 Å². The Labute approximate surface area is 188 Å². The summed E-state index contributed by atoms with van der Waals surface area (Å²) in [7, 11) is 0. The fourth-order valence-corrected chi connectivity index (χ4v) is 5.61. The fourth-order valence-electron chi connectivity index (χ4n) is 4.35. The van der Waals surface area contributed by atoms with Crippen LogP contribution in [0.1, 0.15) is 30.0 Å². The molecule has 0 saturated heterocycles. The summed E-state index contributed by atoms with van der Waals surface area (Å²) in [5.74, 6) is 7.03. The molecular weight excluding hydrogens is 469 g/mol. The Bertz CT molecular complexity index is 1340. The number of fused-ring (bicyclic) bond motifs is 5. The maximum absolute atomic E-state index is 13.2. The third kappa shape index (κ3) is 3.26. The topological polar surface area (TPSA) is 90.7 Å². The molecule has 0 unspecified atom stereocenters. The summed E-state index contributed by atoms with van der Waals surface area (Å²) < 4.78 is 12.8. The fraction of sp³-hybridized carbons (Fsp3) is 0.375. The molecule has 2 aromatic heterocycles. The number of aromatic nitrogens is 2. The van der Waals surface area contributed by atoms with Crippen LogP contribution < -0.4 is 10.3 Å². The van der Waals surface area contributed by atoms with E-state index in [1.807, 2.05) is 24.3 Å². The number of ether oxygens (including phenoxy) is 2. The van der Waals surface area contributed by atoms with Gasteiger partial charge in [-0.25, -0.2) is 4.79 Å². The van der Waals surface area contributed by atoms with Crippen molar-refractivity contribution in [3.63, 3.8) is 0 Å². The third-order valence-electron chi connectivity index (χ3n) is 6.15. The van der Waals surface area contributed by atoms with Crippen LogP contribution in [0.2, 0.25) is 17.3 Å². The Morgan fingerprint density at radius 1 is 1.22 bits per heavy atom. The number of pyridine rings is 2. The molecule has 0 saturated carbocycles. The van der Waals surface area contributed by atoms with Crippen molar-refractivity contribution in [2.45, 2.75) is 49.4 Å².